The van der Waals surface area contributed by atoms with Gasteiger partial charge in [-0.25, -0.2) is 4.79 Å². The van der Waals surface area contributed by atoms with Gasteiger partial charge in [0.1, 0.15) is 23.4 Å². The molecule has 43 heavy (non-hydrogen) atoms. The van der Waals surface area contributed by atoms with Gasteiger partial charge in [0.15, 0.2) is 0 Å². The second kappa shape index (κ2) is 18.9. The van der Waals surface area contributed by atoms with E-state index in [0.29, 0.717) is 25.1 Å². The summed E-state index contributed by atoms with van der Waals surface area (Å²) in [5, 5.41) is 16.7. The Morgan fingerprint density at radius 1 is 0.837 bits per heavy atom. The van der Waals surface area contributed by atoms with Crippen LogP contribution in [0.5, 0.6) is 5.75 Å². The first-order valence-corrected chi connectivity index (χ1v) is 16.0. The summed E-state index contributed by atoms with van der Waals surface area (Å²) in [6, 6.07) is 14.1. The molecule has 0 aliphatic rings. The van der Waals surface area contributed by atoms with Crippen LogP contribution in [-0.4, -0.2) is 52.6 Å². The maximum Gasteiger partial charge on any atom is 0.408 e. The van der Waals surface area contributed by atoms with Gasteiger partial charge in [-0.2, -0.15) is 0 Å². The SMILES string of the molecule is CCCCCCCCN(C(=O)C(Cc1ccccc1)NC(=O)OC(C)(C)C)C(C(=O)NCCCCC)c1ccccc1O. The van der Waals surface area contributed by atoms with Crippen LogP contribution in [0.4, 0.5) is 4.79 Å². The fourth-order valence-electron chi connectivity index (χ4n) is 4.98. The molecule has 2 aromatic carbocycles. The molecule has 0 aliphatic heterocycles. The Morgan fingerprint density at radius 3 is 2.09 bits per heavy atom. The van der Waals surface area contributed by atoms with Gasteiger partial charge >= 0.3 is 6.09 Å². The van der Waals surface area contributed by atoms with Crippen molar-refractivity contribution in [2.75, 3.05) is 13.1 Å². The standard InChI is InChI=1S/C35H53N3O5/c1-6-8-10-11-12-19-25-38(31(28-22-16-17-23-30(28)39)32(40)36-24-18-9-7-2)33(41)29(26-27-20-14-13-15-21-27)37-34(42)43-35(3,4)5/h13-17,20-23,29,31,39H,6-12,18-19,24-26H2,1-5H3,(H,36,40)(H,37,42). The van der Waals surface area contributed by atoms with Gasteiger partial charge in [-0.05, 0) is 45.2 Å². The second-order valence-corrected chi connectivity index (χ2v) is 12.1. The van der Waals surface area contributed by atoms with E-state index in [1.807, 2.05) is 30.3 Å². The number of hydrogen-bond donors (Lipinski definition) is 3. The van der Waals surface area contributed by atoms with Gasteiger partial charge in [0.05, 0.1) is 0 Å². The molecule has 0 spiro atoms. The molecule has 2 aromatic rings. The van der Waals surface area contributed by atoms with Crippen LogP contribution in [0.1, 0.15) is 110 Å². The summed E-state index contributed by atoms with van der Waals surface area (Å²) < 4.78 is 5.52. The molecule has 0 saturated carbocycles. The lowest BCUT2D eigenvalue weighted by Gasteiger charge is -2.35. The number of nitrogens with zero attached hydrogens (tertiary/aromatic N) is 1. The number of ether oxygens (including phenoxy) is 1. The molecule has 0 radical (unpaired) electrons. The maximum absolute atomic E-state index is 14.5. The van der Waals surface area contributed by atoms with Gasteiger partial charge in [0.25, 0.3) is 0 Å². The largest absolute Gasteiger partial charge is 0.508 e. The molecular formula is C35H53N3O5. The van der Waals surface area contributed by atoms with Gasteiger partial charge < -0.3 is 25.4 Å². The summed E-state index contributed by atoms with van der Waals surface area (Å²) >= 11 is 0. The van der Waals surface area contributed by atoms with E-state index in [-0.39, 0.29) is 18.1 Å². The molecule has 3 N–H and O–H groups in total. The molecule has 0 bridgehead atoms. The number of aromatic hydroxyl groups is 1. The number of unbranched alkanes of at least 4 members (excludes halogenated alkanes) is 7. The van der Waals surface area contributed by atoms with Crippen molar-refractivity contribution >= 4 is 17.9 Å². The number of amides is 3. The third-order valence-corrected chi connectivity index (χ3v) is 7.18. The Hall–Kier alpha value is -3.55. The highest BCUT2D eigenvalue weighted by Gasteiger charge is 2.37. The van der Waals surface area contributed by atoms with E-state index in [1.165, 1.54) is 11.0 Å². The van der Waals surface area contributed by atoms with E-state index >= 15 is 0 Å². The number of para-hydroxylation sites is 1. The fourth-order valence-corrected chi connectivity index (χ4v) is 4.98. The number of nitrogens with one attached hydrogen (secondary N) is 2. The number of alkyl carbamates (subject to hydrolysis) is 1. The zero-order valence-electron chi connectivity index (χ0n) is 26.9. The maximum atomic E-state index is 14.5. The Balaban J connectivity index is 2.49. The second-order valence-electron chi connectivity index (χ2n) is 12.1. The smallest absolute Gasteiger partial charge is 0.408 e. The van der Waals surface area contributed by atoms with Crippen molar-refractivity contribution in [3.63, 3.8) is 0 Å². The molecule has 0 saturated heterocycles. The minimum Gasteiger partial charge on any atom is -0.508 e. The van der Waals surface area contributed by atoms with Crippen molar-refractivity contribution in [1.82, 2.24) is 15.5 Å². The minimum absolute atomic E-state index is 0.0586. The topological polar surface area (TPSA) is 108 Å². The first-order chi connectivity index (χ1) is 20.6. The van der Waals surface area contributed by atoms with Crippen LogP contribution in [0.3, 0.4) is 0 Å². The van der Waals surface area contributed by atoms with Crippen LogP contribution < -0.4 is 10.6 Å². The van der Waals surface area contributed by atoms with Crippen molar-refractivity contribution in [1.29, 1.82) is 0 Å². The molecule has 8 nitrogen and oxygen atoms in total. The first kappa shape index (κ1) is 35.6. The van der Waals surface area contributed by atoms with E-state index in [0.717, 1.165) is 56.9 Å². The Bertz CT molecular complexity index is 1120. The third-order valence-electron chi connectivity index (χ3n) is 7.18. The summed E-state index contributed by atoms with van der Waals surface area (Å²) in [7, 11) is 0. The van der Waals surface area contributed by atoms with Gasteiger partial charge in [-0.3, -0.25) is 9.59 Å². The van der Waals surface area contributed by atoms with E-state index < -0.39 is 29.7 Å². The average molecular weight is 596 g/mol. The first-order valence-electron chi connectivity index (χ1n) is 16.0. The average Bonchev–Trinajstić information content (AvgIpc) is 2.96. The van der Waals surface area contributed by atoms with Crippen molar-refractivity contribution in [2.24, 2.45) is 0 Å². The van der Waals surface area contributed by atoms with Crippen molar-refractivity contribution in [3.05, 3.63) is 65.7 Å². The normalized spacial score (nSPS) is 12.7. The molecular weight excluding hydrogens is 542 g/mol. The number of rotatable bonds is 18. The van der Waals surface area contributed by atoms with Gasteiger partial charge in [0.2, 0.25) is 11.8 Å². The Kier molecular flexibility index (Phi) is 15.6. The van der Waals surface area contributed by atoms with Crippen molar-refractivity contribution in [2.45, 2.75) is 117 Å². The molecule has 0 fully saturated rings. The summed E-state index contributed by atoms with van der Waals surface area (Å²) in [5.74, 6) is -0.815. The summed E-state index contributed by atoms with van der Waals surface area (Å²) in [4.78, 5) is 42.8. The molecule has 0 aliphatic carbocycles. The lowest BCUT2D eigenvalue weighted by Crippen LogP contribution is -2.54. The Labute approximate surface area is 258 Å². The zero-order chi connectivity index (χ0) is 31.7. The molecule has 3 amide bonds. The highest BCUT2D eigenvalue weighted by atomic mass is 16.6. The molecule has 2 atom stereocenters. The zero-order valence-corrected chi connectivity index (χ0v) is 26.9. The highest BCUT2D eigenvalue weighted by Crippen LogP contribution is 2.30. The fraction of sp³-hybridized carbons (Fsp3) is 0.571. The van der Waals surface area contributed by atoms with Gasteiger partial charge in [-0.15, -0.1) is 0 Å². The molecule has 2 unspecified atom stereocenters. The van der Waals surface area contributed by atoms with Crippen molar-refractivity contribution < 1.29 is 24.2 Å². The summed E-state index contributed by atoms with van der Waals surface area (Å²) in [6.45, 7) is 10.3. The predicted octanol–water partition coefficient (Wildman–Crippen LogP) is 7.06. The minimum atomic E-state index is -1.07. The molecule has 0 aromatic heterocycles. The van der Waals surface area contributed by atoms with Gasteiger partial charge in [-0.1, -0.05) is 107 Å². The lowest BCUT2D eigenvalue weighted by atomic mass is 9.99. The number of hydrogen-bond acceptors (Lipinski definition) is 5. The lowest BCUT2D eigenvalue weighted by molar-refractivity contribution is -0.142. The summed E-state index contributed by atoms with van der Waals surface area (Å²) in [5.41, 5.74) is 0.462. The monoisotopic (exact) mass is 595 g/mol. The third kappa shape index (κ3) is 13.1. The number of carbonyl (C=O) groups excluding carboxylic acids is 3. The quantitative estimate of drug-likeness (QED) is 0.160. The van der Waals surface area contributed by atoms with E-state index in [2.05, 4.69) is 24.5 Å². The molecule has 0 heterocycles. The number of phenolic OH excluding ortho intramolecular Hbond substituents is 1. The molecule has 8 heteroatoms. The number of carbonyl (C=O) groups is 3. The predicted molar refractivity (Wildman–Crippen MR) is 172 cm³/mol. The molecule has 2 rings (SSSR count). The van der Waals surface area contributed by atoms with Crippen molar-refractivity contribution in [3.8, 4) is 5.75 Å². The van der Waals surface area contributed by atoms with Crippen LogP contribution in [0, 0.1) is 0 Å². The Morgan fingerprint density at radius 2 is 1.44 bits per heavy atom. The van der Waals surface area contributed by atoms with E-state index in [9.17, 15) is 19.5 Å². The summed E-state index contributed by atoms with van der Waals surface area (Å²) in [6.07, 6.45) is 8.34. The van der Waals surface area contributed by atoms with Gasteiger partial charge in [0, 0.05) is 25.1 Å². The van der Waals surface area contributed by atoms with Crippen LogP contribution in [0.15, 0.2) is 54.6 Å². The van der Waals surface area contributed by atoms with E-state index in [1.54, 1.807) is 39.0 Å². The number of benzene rings is 2. The highest BCUT2D eigenvalue weighted by molar-refractivity contribution is 5.92. The molecule has 238 valence electrons. The van der Waals surface area contributed by atoms with Crippen LogP contribution in [-0.2, 0) is 20.7 Å². The van der Waals surface area contributed by atoms with Crippen LogP contribution in [0.2, 0.25) is 0 Å². The number of phenols is 1. The van der Waals surface area contributed by atoms with Crippen LogP contribution in [0.25, 0.3) is 0 Å². The van der Waals surface area contributed by atoms with Crippen LogP contribution >= 0.6 is 0 Å². The van der Waals surface area contributed by atoms with E-state index in [4.69, 9.17) is 4.74 Å².